The fraction of sp³-hybridized carbons (Fsp3) is 0.333. The summed E-state index contributed by atoms with van der Waals surface area (Å²) >= 11 is 0. The number of amides is 1. The molecule has 3 nitrogen and oxygen atoms in total. The number of carbonyl (C=O) groups excluding carboxylic acids is 2. The van der Waals surface area contributed by atoms with Gasteiger partial charge in [0.25, 0.3) is 0 Å². The number of hydrogen-bond acceptors (Lipinski definition) is 2. The molecule has 0 radical (unpaired) electrons. The Morgan fingerprint density at radius 1 is 0.917 bits per heavy atom. The second kappa shape index (κ2) is 9.02. The first-order valence-corrected chi connectivity index (χ1v) is 8.50. The smallest absolute Gasteiger partial charge is 0.224 e. The third-order valence-corrected chi connectivity index (χ3v) is 3.97. The van der Waals surface area contributed by atoms with Crippen LogP contribution in [0.3, 0.4) is 0 Å². The maximum atomic E-state index is 12.0. The quantitative estimate of drug-likeness (QED) is 0.782. The van der Waals surface area contributed by atoms with E-state index in [0.29, 0.717) is 12.8 Å². The fourth-order valence-electron chi connectivity index (χ4n) is 2.43. The number of benzene rings is 2. The van der Waals surface area contributed by atoms with Gasteiger partial charge >= 0.3 is 0 Å². The molecule has 0 fully saturated rings. The van der Waals surface area contributed by atoms with E-state index in [-0.39, 0.29) is 17.6 Å². The van der Waals surface area contributed by atoms with Gasteiger partial charge in [0.05, 0.1) is 0 Å². The molecule has 0 saturated heterocycles. The number of carbonyl (C=O) groups is 2. The number of Topliss-reactive ketones (excluding diaryl/α,β-unsaturated/α-hetero) is 1. The molecular formula is C21H25NO2. The van der Waals surface area contributed by atoms with Crippen molar-refractivity contribution >= 4 is 17.4 Å². The standard InChI is InChI=1S/C21H25NO2/c1-16(2)20(23)15-18-11-13-19(14-12-18)22-21(24)10-6-9-17-7-4-3-5-8-17/h3-5,7-8,11-14,16H,6,9-10,15H2,1-2H3,(H,22,24). The summed E-state index contributed by atoms with van der Waals surface area (Å²) in [6, 6.07) is 17.7. The van der Waals surface area contributed by atoms with Gasteiger partial charge in [-0.15, -0.1) is 0 Å². The predicted molar refractivity (Wildman–Crippen MR) is 98.0 cm³/mol. The zero-order chi connectivity index (χ0) is 17.4. The second-order valence-electron chi connectivity index (χ2n) is 6.38. The first-order valence-electron chi connectivity index (χ1n) is 8.50. The highest BCUT2D eigenvalue weighted by Gasteiger charge is 2.08. The van der Waals surface area contributed by atoms with E-state index in [1.165, 1.54) is 5.56 Å². The summed E-state index contributed by atoms with van der Waals surface area (Å²) in [5, 5.41) is 2.91. The Hall–Kier alpha value is -2.42. The Balaban J connectivity index is 1.76. The highest BCUT2D eigenvalue weighted by atomic mass is 16.1. The van der Waals surface area contributed by atoms with Crippen LogP contribution in [0.15, 0.2) is 54.6 Å². The van der Waals surface area contributed by atoms with E-state index in [1.807, 2.05) is 56.3 Å². The van der Waals surface area contributed by atoms with E-state index in [9.17, 15) is 9.59 Å². The maximum absolute atomic E-state index is 12.0. The van der Waals surface area contributed by atoms with Crippen molar-refractivity contribution in [1.82, 2.24) is 0 Å². The second-order valence-corrected chi connectivity index (χ2v) is 6.38. The van der Waals surface area contributed by atoms with Crippen LogP contribution in [0.5, 0.6) is 0 Å². The van der Waals surface area contributed by atoms with Crippen LogP contribution in [0.2, 0.25) is 0 Å². The van der Waals surface area contributed by atoms with Gasteiger partial charge in [0.2, 0.25) is 5.91 Å². The summed E-state index contributed by atoms with van der Waals surface area (Å²) in [4.78, 5) is 23.7. The molecule has 3 heteroatoms. The third kappa shape index (κ3) is 5.99. The van der Waals surface area contributed by atoms with E-state index in [4.69, 9.17) is 0 Å². The van der Waals surface area contributed by atoms with Gasteiger partial charge in [0, 0.05) is 24.4 Å². The van der Waals surface area contributed by atoms with Gasteiger partial charge in [-0.1, -0.05) is 56.3 Å². The lowest BCUT2D eigenvalue weighted by Gasteiger charge is -2.08. The Morgan fingerprint density at radius 2 is 1.58 bits per heavy atom. The predicted octanol–water partition coefficient (Wildman–Crippen LogP) is 4.42. The molecule has 0 spiro atoms. The maximum Gasteiger partial charge on any atom is 0.224 e. The fourth-order valence-corrected chi connectivity index (χ4v) is 2.43. The van der Waals surface area contributed by atoms with Crippen LogP contribution < -0.4 is 5.32 Å². The van der Waals surface area contributed by atoms with Gasteiger partial charge < -0.3 is 5.32 Å². The molecule has 0 unspecified atom stereocenters. The van der Waals surface area contributed by atoms with Crippen molar-refractivity contribution < 1.29 is 9.59 Å². The SMILES string of the molecule is CC(C)C(=O)Cc1ccc(NC(=O)CCCc2ccccc2)cc1. The minimum absolute atomic E-state index is 0.0249. The summed E-state index contributed by atoms with van der Waals surface area (Å²) in [7, 11) is 0. The molecule has 1 amide bonds. The number of anilines is 1. The summed E-state index contributed by atoms with van der Waals surface area (Å²) in [6.45, 7) is 3.82. The molecule has 24 heavy (non-hydrogen) atoms. The van der Waals surface area contributed by atoms with E-state index in [1.54, 1.807) is 0 Å². The molecule has 2 aromatic rings. The molecule has 0 aromatic heterocycles. The lowest BCUT2D eigenvalue weighted by molar-refractivity contribution is -0.121. The molecular weight excluding hydrogens is 298 g/mol. The molecule has 126 valence electrons. The van der Waals surface area contributed by atoms with Crippen molar-refractivity contribution in [1.29, 1.82) is 0 Å². The molecule has 0 atom stereocenters. The van der Waals surface area contributed by atoms with Crippen molar-refractivity contribution in [3.8, 4) is 0 Å². The molecule has 0 aliphatic rings. The summed E-state index contributed by atoms with van der Waals surface area (Å²) in [5.41, 5.74) is 3.01. The van der Waals surface area contributed by atoms with Gasteiger partial charge in [0.1, 0.15) is 5.78 Å². The highest BCUT2D eigenvalue weighted by molar-refractivity contribution is 5.90. The highest BCUT2D eigenvalue weighted by Crippen LogP contribution is 2.13. The van der Waals surface area contributed by atoms with E-state index < -0.39 is 0 Å². The molecule has 0 bridgehead atoms. The summed E-state index contributed by atoms with van der Waals surface area (Å²) in [6.07, 6.45) is 2.69. The normalized spacial score (nSPS) is 10.6. The number of hydrogen-bond donors (Lipinski definition) is 1. The minimum Gasteiger partial charge on any atom is -0.326 e. The van der Waals surface area contributed by atoms with Gasteiger partial charge in [-0.3, -0.25) is 9.59 Å². The topological polar surface area (TPSA) is 46.2 Å². The van der Waals surface area contributed by atoms with Crippen molar-refractivity contribution in [3.63, 3.8) is 0 Å². The molecule has 2 aromatic carbocycles. The van der Waals surface area contributed by atoms with Crippen molar-refractivity contribution in [2.75, 3.05) is 5.32 Å². The van der Waals surface area contributed by atoms with Crippen molar-refractivity contribution in [2.45, 2.75) is 39.5 Å². The number of rotatable bonds is 8. The van der Waals surface area contributed by atoms with Crippen LogP contribution in [-0.4, -0.2) is 11.7 Å². The third-order valence-electron chi connectivity index (χ3n) is 3.97. The molecule has 2 rings (SSSR count). The lowest BCUT2D eigenvalue weighted by Crippen LogP contribution is -2.12. The number of nitrogens with one attached hydrogen (secondary N) is 1. The molecule has 0 aliphatic heterocycles. The Morgan fingerprint density at radius 3 is 2.21 bits per heavy atom. The minimum atomic E-state index is 0.0249. The monoisotopic (exact) mass is 323 g/mol. The average Bonchev–Trinajstić information content (AvgIpc) is 2.57. The first-order chi connectivity index (χ1) is 11.5. The first kappa shape index (κ1) is 17.9. The Kier molecular flexibility index (Phi) is 6.74. The van der Waals surface area contributed by atoms with E-state index in [2.05, 4.69) is 17.4 Å². The van der Waals surface area contributed by atoms with Gasteiger partial charge in [0.15, 0.2) is 0 Å². The van der Waals surface area contributed by atoms with Crippen LogP contribution in [0, 0.1) is 5.92 Å². The van der Waals surface area contributed by atoms with Crippen LogP contribution in [-0.2, 0) is 22.4 Å². The largest absolute Gasteiger partial charge is 0.326 e. The van der Waals surface area contributed by atoms with Crippen molar-refractivity contribution in [2.24, 2.45) is 5.92 Å². The molecule has 0 aliphatic carbocycles. The Labute approximate surface area is 144 Å². The average molecular weight is 323 g/mol. The van der Waals surface area contributed by atoms with Crippen LogP contribution >= 0.6 is 0 Å². The van der Waals surface area contributed by atoms with Crippen LogP contribution in [0.4, 0.5) is 5.69 Å². The number of ketones is 1. The van der Waals surface area contributed by atoms with Gasteiger partial charge in [-0.25, -0.2) is 0 Å². The Bertz CT molecular complexity index is 660. The molecule has 1 N–H and O–H groups in total. The van der Waals surface area contributed by atoms with Crippen LogP contribution in [0.1, 0.15) is 37.8 Å². The summed E-state index contributed by atoms with van der Waals surface area (Å²) in [5.74, 6) is 0.304. The molecule has 0 saturated carbocycles. The van der Waals surface area contributed by atoms with Crippen LogP contribution in [0.25, 0.3) is 0 Å². The molecule has 0 heterocycles. The zero-order valence-electron chi connectivity index (χ0n) is 14.4. The van der Waals surface area contributed by atoms with Gasteiger partial charge in [-0.2, -0.15) is 0 Å². The van der Waals surface area contributed by atoms with E-state index >= 15 is 0 Å². The summed E-state index contributed by atoms with van der Waals surface area (Å²) < 4.78 is 0. The zero-order valence-corrected chi connectivity index (χ0v) is 14.4. The van der Waals surface area contributed by atoms with E-state index in [0.717, 1.165) is 24.1 Å². The number of aryl methyl sites for hydroxylation is 1. The van der Waals surface area contributed by atoms with Crippen molar-refractivity contribution in [3.05, 3.63) is 65.7 Å². The van der Waals surface area contributed by atoms with Gasteiger partial charge in [-0.05, 0) is 36.1 Å². The lowest BCUT2D eigenvalue weighted by atomic mass is 10.0.